The Hall–Kier alpha value is -2.98. The number of halogens is 3. The Morgan fingerprint density at radius 3 is 2.73 bits per heavy atom. The second kappa shape index (κ2) is 5.79. The van der Waals surface area contributed by atoms with Crippen LogP contribution in [0.5, 0.6) is 5.75 Å². The van der Waals surface area contributed by atoms with Crippen LogP contribution in [0.2, 0.25) is 0 Å². The highest BCUT2D eigenvalue weighted by atomic mass is 19.4. The standard InChI is InChI=1S/C11H7F3N4O4/c12-11(13,14)10-15-16-17-18(10)7-1-2-8(6(3-7)4-19)22-5-9(20)21/h1-4H,5H2,(H,20,21). The summed E-state index contributed by atoms with van der Waals surface area (Å²) in [4.78, 5) is 21.4. The summed E-state index contributed by atoms with van der Waals surface area (Å²) in [7, 11) is 0. The lowest BCUT2D eigenvalue weighted by Gasteiger charge is -2.10. The van der Waals surface area contributed by atoms with Gasteiger partial charge >= 0.3 is 12.1 Å². The number of rotatable bonds is 5. The van der Waals surface area contributed by atoms with Gasteiger partial charge in [-0.15, -0.1) is 5.10 Å². The van der Waals surface area contributed by atoms with Crippen LogP contribution in [-0.2, 0) is 11.0 Å². The van der Waals surface area contributed by atoms with Gasteiger partial charge in [0.15, 0.2) is 12.9 Å². The SMILES string of the molecule is O=Cc1cc(-n2nnnc2C(F)(F)F)ccc1OCC(=O)O. The molecule has 1 N–H and O–H groups in total. The second-order valence-corrected chi connectivity index (χ2v) is 3.93. The van der Waals surface area contributed by atoms with E-state index in [1.807, 2.05) is 0 Å². The molecule has 0 spiro atoms. The molecule has 1 aromatic heterocycles. The Kier molecular flexibility index (Phi) is 4.06. The van der Waals surface area contributed by atoms with Crippen LogP contribution in [0.3, 0.4) is 0 Å². The summed E-state index contributed by atoms with van der Waals surface area (Å²) in [5.74, 6) is -2.70. The van der Waals surface area contributed by atoms with Crippen LogP contribution < -0.4 is 4.74 Å². The Bertz CT molecular complexity index is 714. The molecular formula is C11H7F3N4O4. The lowest BCUT2D eigenvalue weighted by atomic mass is 10.2. The number of tetrazole rings is 1. The smallest absolute Gasteiger partial charge is 0.453 e. The normalized spacial score (nSPS) is 11.2. The molecule has 116 valence electrons. The van der Waals surface area contributed by atoms with Crippen molar-refractivity contribution in [2.75, 3.05) is 6.61 Å². The molecule has 2 aromatic rings. The Morgan fingerprint density at radius 2 is 2.14 bits per heavy atom. The van der Waals surface area contributed by atoms with Crippen molar-refractivity contribution in [1.82, 2.24) is 20.2 Å². The number of carbonyl (C=O) groups is 2. The largest absolute Gasteiger partial charge is 0.481 e. The summed E-state index contributed by atoms with van der Waals surface area (Å²) >= 11 is 0. The molecule has 8 nitrogen and oxygen atoms in total. The van der Waals surface area contributed by atoms with Crippen molar-refractivity contribution >= 4 is 12.3 Å². The molecule has 0 unspecified atom stereocenters. The Morgan fingerprint density at radius 1 is 1.41 bits per heavy atom. The summed E-state index contributed by atoms with van der Waals surface area (Å²) in [6.45, 7) is -0.696. The predicted octanol–water partition coefficient (Wildman–Crippen LogP) is 0.957. The Balaban J connectivity index is 2.40. The molecule has 0 aliphatic heterocycles. The van der Waals surface area contributed by atoms with E-state index >= 15 is 0 Å². The van der Waals surface area contributed by atoms with Gasteiger partial charge in [0.05, 0.1) is 11.3 Å². The van der Waals surface area contributed by atoms with E-state index in [0.717, 1.165) is 18.2 Å². The number of aliphatic carboxylic acids is 1. The first-order valence-electron chi connectivity index (χ1n) is 5.62. The molecular weight excluding hydrogens is 309 g/mol. The van der Waals surface area contributed by atoms with Gasteiger partial charge in [-0.3, -0.25) is 4.79 Å². The molecule has 0 fully saturated rings. The maximum Gasteiger partial charge on any atom is 0.453 e. The van der Waals surface area contributed by atoms with Gasteiger partial charge in [-0.1, -0.05) is 0 Å². The summed E-state index contributed by atoms with van der Waals surface area (Å²) in [6, 6.07) is 3.37. The van der Waals surface area contributed by atoms with Gasteiger partial charge in [0.1, 0.15) is 5.75 Å². The van der Waals surface area contributed by atoms with Crippen LogP contribution in [0.4, 0.5) is 13.2 Å². The first kappa shape index (κ1) is 15.4. The number of aromatic nitrogens is 4. The molecule has 11 heteroatoms. The molecule has 1 aromatic carbocycles. The van der Waals surface area contributed by atoms with Crippen LogP contribution in [-0.4, -0.2) is 44.2 Å². The monoisotopic (exact) mass is 316 g/mol. The van der Waals surface area contributed by atoms with Crippen molar-refractivity contribution in [2.45, 2.75) is 6.18 Å². The fraction of sp³-hybridized carbons (Fsp3) is 0.182. The number of hydrogen-bond acceptors (Lipinski definition) is 6. The molecule has 0 saturated heterocycles. The number of ether oxygens (including phenoxy) is 1. The third kappa shape index (κ3) is 3.19. The number of alkyl halides is 3. The molecule has 0 aliphatic carbocycles. The fourth-order valence-corrected chi connectivity index (χ4v) is 1.57. The summed E-state index contributed by atoms with van der Waals surface area (Å²) in [6.07, 6.45) is -4.46. The maximum absolute atomic E-state index is 12.7. The molecule has 22 heavy (non-hydrogen) atoms. The van der Waals surface area contributed by atoms with Crippen molar-refractivity contribution in [2.24, 2.45) is 0 Å². The van der Waals surface area contributed by atoms with Gasteiger partial charge in [-0.25, -0.2) is 4.79 Å². The summed E-state index contributed by atoms with van der Waals surface area (Å²) in [5, 5.41) is 17.5. The zero-order chi connectivity index (χ0) is 16.3. The average molecular weight is 316 g/mol. The number of nitrogens with zero attached hydrogens (tertiary/aromatic N) is 4. The highest BCUT2D eigenvalue weighted by Crippen LogP contribution is 2.29. The second-order valence-electron chi connectivity index (χ2n) is 3.93. The van der Waals surface area contributed by atoms with E-state index in [4.69, 9.17) is 9.84 Å². The fourth-order valence-electron chi connectivity index (χ4n) is 1.57. The van der Waals surface area contributed by atoms with Crippen LogP contribution in [0.1, 0.15) is 16.2 Å². The molecule has 0 bridgehead atoms. The highest BCUT2D eigenvalue weighted by molar-refractivity contribution is 5.81. The van der Waals surface area contributed by atoms with Crippen LogP contribution in [0, 0.1) is 0 Å². The molecule has 1 heterocycles. The minimum atomic E-state index is -4.77. The van der Waals surface area contributed by atoms with Gasteiger partial charge < -0.3 is 9.84 Å². The van der Waals surface area contributed by atoms with Crippen molar-refractivity contribution < 1.29 is 32.6 Å². The number of hydrogen-bond donors (Lipinski definition) is 1. The zero-order valence-corrected chi connectivity index (χ0v) is 10.6. The van der Waals surface area contributed by atoms with E-state index in [1.54, 1.807) is 0 Å². The predicted molar refractivity (Wildman–Crippen MR) is 62.7 cm³/mol. The lowest BCUT2D eigenvalue weighted by molar-refractivity contribution is -0.146. The minimum absolute atomic E-state index is 0.0808. The van der Waals surface area contributed by atoms with E-state index in [2.05, 4.69) is 15.5 Å². The number of carboxylic acid groups (broad SMARTS) is 1. The van der Waals surface area contributed by atoms with Crippen molar-refractivity contribution in [3.8, 4) is 11.4 Å². The van der Waals surface area contributed by atoms with E-state index in [1.165, 1.54) is 0 Å². The van der Waals surface area contributed by atoms with E-state index in [9.17, 15) is 22.8 Å². The molecule has 2 rings (SSSR count). The minimum Gasteiger partial charge on any atom is -0.481 e. The van der Waals surface area contributed by atoms with Gasteiger partial charge in [-0.05, 0) is 28.6 Å². The molecule has 0 amide bonds. The molecule has 0 atom stereocenters. The third-order valence-corrected chi connectivity index (χ3v) is 2.44. The van der Waals surface area contributed by atoms with Crippen molar-refractivity contribution in [1.29, 1.82) is 0 Å². The number of benzene rings is 1. The topological polar surface area (TPSA) is 107 Å². The lowest BCUT2D eigenvalue weighted by Crippen LogP contribution is -2.15. The molecule has 0 radical (unpaired) electrons. The van der Waals surface area contributed by atoms with Crippen LogP contribution in [0.25, 0.3) is 5.69 Å². The average Bonchev–Trinajstić information content (AvgIpc) is 2.94. The summed E-state index contributed by atoms with van der Waals surface area (Å²) < 4.78 is 43.4. The van der Waals surface area contributed by atoms with E-state index < -0.39 is 24.6 Å². The number of aldehydes is 1. The van der Waals surface area contributed by atoms with Gasteiger partial charge in [0.25, 0.3) is 5.82 Å². The quantitative estimate of drug-likeness (QED) is 0.818. The van der Waals surface area contributed by atoms with E-state index in [0.29, 0.717) is 11.0 Å². The van der Waals surface area contributed by atoms with Crippen LogP contribution >= 0.6 is 0 Å². The number of carbonyl (C=O) groups excluding carboxylic acids is 1. The van der Waals surface area contributed by atoms with Gasteiger partial charge in [0, 0.05) is 0 Å². The first-order valence-corrected chi connectivity index (χ1v) is 5.62. The number of carboxylic acids is 1. The van der Waals surface area contributed by atoms with E-state index in [-0.39, 0.29) is 17.0 Å². The molecule has 0 saturated carbocycles. The van der Waals surface area contributed by atoms with Crippen molar-refractivity contribution in [3.05, 3.63) is 29.6 Å². The van der Waals surface area contributed by atoms with Crippen LogP contribution in [0.15, 0.2) is 18.2 Å². The first-order chi connectivity index (χ1) is 10.3. The van der Waals surface area contributed by atoms with Gasteiger partial charge in [-0.2, -0.15) is 17.9 Å². The Labute approximate surface area is 120 Å². The summed E-state index contributed by atoms with van der Waals surface area (Å²) in [5.41, 5.74) is -0.260. The molecule has 0 aliphatic rings. The third-order valence-electron chi connectivity index (χ3n) is 2.44. The highest BCUT2D eigenvalue weighted by Gasteiger charge is 2.38. The van der Waals surface area contributed by atoms with Gasteiger partial charge in [0.2, 0.25) is 0 Å². The maximum atomic E-state index is 12.7. The zero-order valence-electron chi connectivity index (χ0n) is 10.6. The van der Waals surface area contributed by atoms with Crippen molar-refractivity contribution in [3.63, 3.8) is 0 Å².